The summed E-state index contributed by atoms with van der Waals surface area (Å²) < 4.78 is 5.31. The molecule has 2 unspecified atom stereocenters. The van der Waals surface area contributed by atoms with Gasteiger partial charge in [-0.15, -0.1) is 0 Å². The molecule has 3 nitrogen and oxygen atoms in total. The maximum atomic E-state index is 5.31. The first-order valence-corrected chi connectivity index (χ1v) is 6.52. The molecule has 3 rings (SSSR count). The minimum absolute atomic E-state index is 0.635. The number of rotatable bonds is 3. The summed E-state index contributed by atoms with van der Waals surface area (Å²) in [5.41, 5.74) is 2.71. The number of methoxy groups -OCH3 is 1. The van der Waals surface area contributed by atoms with Gasteiger partial charge in [0.05, 0.1) is 7.11 Å². The molecule has 0 bridgehead atoms. The molecule has 0 radical (unpaired) electrons. The Bertz CT molecular complexity index is 399. The highest BCUT2D eigenvalue weighted by Gasteiger charge is 2.26. The molecule has 0 amide bonds. The zero-order chi connectivity index (χ0) is 11.7. The minimum atomic E-state index is 0.635. The minimum Gasteiger partial charge on any atom is -0.497 e. The lowest BCUT2D eigenvalue weighted by atomic mass is 9.93. The van der Waals surface area contributed by atoms with Gasteiger partial charge in [0.2, 0.25) is 0 Å². The monoisotopic (exact) mass is 232 g/mol. The topological polar surface area (TPSA) is 33.3 Å². The van der Waals surface area contributed by atoms with E-state index < -0.39 is 0 Å². The first-order chi connectivity index (χ1) is 8.36. The highest BCUT2D eigenvalue weighted by Crippen LogP contribution is 2.37. The molecule has 1 fully saturated rings. The smallest absolute Gasteiger partial charge is 0.119 e. The molecular formula is C14H20N2O. The van der Waals surface area contributed by atoms with Crippen molar-refractivity contribution in [3.05, 3.63) is 23.8 Å². The van der Waals surface area contributed by atoms with Gasteiger partial charge in [0.15, 0.2) is 0 Å². The Kier molecular flexibility index (Phi) is 2.93. The molecule has 1 aromatic carbocycles. The van der Waals surface area contributed by atoms with Crippen molar-refractivity contribution < 1.29 is 4.74 Å². The van der Waals surface area contributed by atoms with Crippen molar-refractivity contribution in [2.45, 2.75) is 31.2 Å². The van der Waals surface area contributed by atoms with Crippen LogP contribution in [0.5, 0.6) is 5.75 Å². The third-order valence-electron chi connectivity index (χ3n) is 3.97. The Morgan fingerprint density at radius 1 is 1.41 bits per heavy atom. The van der Waals surface area contributed by atoms with Crippen LogP contribution in [0.2, 0.25) is 0 Å². The van der Waals surface area contributed by atoms with Crippen molar-refractivity contribution in [2.24, 2.45) is 0 Å². The number of benzene rings is 1. The van der Waals surface area contributed by atoms with Crippen LogP contribution in [-0.4, -0.2) is 26.2 Å². The van der Waals surface area contributed by atoms with E-state index in [9.17, 15) is 0 Å². The molecular weight excluding hydrogens is 212 g/mol. The molecule has 3 heteroatoms. The SMILES string of the molecule is COc1ccc2c(c1)C(CC1CCCN1)CN2. The average Bonchev–Trinajstić information content (AvgIpc) is 2.99. The number of fused-ring (bicyclic) bond motifs is 1. The van der Waals surface area contributed by atoms with Crippen molar-refractivity contribution >= 4 is 5.69 Å². The zero-order valence-corrected chi connectivity index (χ0v) is 10.3. The largest absolute Gasteiger partial charge is 0.497 e. The highest BCUT2D eigenvalue weighted by atomic mass is 16.5. The standard InChI is InChI=1S/C14H20N2O/c1-17-12-4-5-14-13(8-12)10(9-16-14)7-11-3-2-6-15-11/h4-5,8,10-11,15-16H,2-3,6-7,9H2,1H3. The maximum Gasteiger partial charge on any atom is 0.119 e. The Morgan fingerprint density at radius 3 is 3.12 bits per heavy atom. The van der Waals surface area contributed by atoms with Gasteiger partial charge in [-0.3, -0.25) is 0 Å². The van der Waals surface area contributed by atoms with E-state index in [2.05, 4.69) is 22.8 Å². The second-order valence-corrected chi connectivity index (χ2v) is 5.06. The average molecular weight is 232 g/mol. The summed E-state index contributed by atoms with van der Waals surface area (Å²) in [6.45, 7) is 2.26. The van der Waals surface area contributed by atoms with Crippen molar-refractivity contribution in [3.63, 3.8) is 0 Å². The molecule has 0 saturated carbocycles. The van der Waals surface area contributed by atoms with Gasteiger partial charge in [-0.05, 0) is 49.6 Å². The Hall–Kier alpha value is -1.22. The van der Waals surface area contributed by atoms with E-state index in [-0.39, 0.29) is 0 Å². The molecule has 0 aromatic heterocycles. The Labute approximate surface area is 103 Å². The summed E-state index contributed by atoms with van der Waals surface area (Å²) in [6.07, 6.45) is 3.90. The van der Waals surface area contributed by atoms with Gasteiger partial charge in [0.1, 0.15) is 5.75 Å². The van der Waals surface area contributed by atoms with Gasteiger partial charge in [-0.25, -0.2) is 0 Å². The highest BCUT2D eigenvalue weighted by molar-refractivity contribution is 5.60. The molecule has 2 aliphatic rings. The van der Waals surface area contributed by atoms with E-state index in [1.165, 1.54) is 37.1 Å². The summed E-state index contributed by atoms with van der Waals surface area (Å²) in [6, 6.07) is 7.06. The lowest BCUT2D eigenvalue weighted by Crippen LogP contribution is -2.24. The fourth-order valence-electron chi connectivity index (χ4n) is 3.02. The normalized spacial score (nSPS) is 26.6. The fourth-order valence-corrected chi connectivity index (χ4v) is 3.02. The summed E-state index contributed by atoms with van der Waals surface area (Å²) in [5, 5.41) is 7.08. The number of nitrogens with one attached hydrogen (secondary N) is 2. The van der Waals surface area contributed by atoms with Gasteiger partial charge in [0, 0.05) is 24.2 Å². The molecule has 1 aromatic rings. The van der Waals surface area contributed by atoms with Crippen molar-refractivity contribution in [2.75, 3.05) is 25.5 Å². The number of hydrogen-bond donors (Lipinski definition) is 2. The van der Waals surface area contributed by atoms with Crippen LogP contribution in [0, 0.1) is 0 Å². The van der Waals surface area contributed by atoms with Crippen molar-refractivity contribution in [3.8, 4) is 5.75 Å². The Balaban J connectivity index is 1.76. The summed E-state index contributed by atoms with van der Waals surface area (Å²) in [4.78, 5) is 0. The molecule has 2 aliphatic heterocycles. The van der Waals surface area contributed by atoms with Crippen LogP contribution in [0.3, 0.4) is 0 Å². The maximum absolute atomic E-state index is 5.31. The van der Waals surface area contributed by atoms with Crippen molar-refractivity contribution in [1.29, 1.82) is 0 Å². The van der Waals surface area contributed by atoms with Gasteiger partial charge >= 0.3 is 0 Å². The van der Waals surface area contributed by atoms with Crippen LogP contribution in [0.25, 0.3) is 0 Å². The molecule has 2 heterocycles. The molecule has 1 saturated heterocycles. The summed E-state index contributed by atoms with van der Waals surface area (Å²) in [7, 11) is 1.73. The quantitative estimate of drug-likeness (QED) is 0.839. The predicted molar refractivity (Wildman–Crippen MR) is 69.9 cm³/mol. The van der Waals surface area contributed by atoms with Crippen LogP contribution >= 0.6 is 0 Å². The fraction of sp³-hybridized carbons (Fsp3) is 0.571. The van der Waals surface area contributed by atoms with Crippen LogP contribution in [-0.2, 0) is 0 Å². The van der Waals surface area contributed by atoms with Gasteiger partial charge in [0.25, 0.3) is 0 Å². The number of hydrogen-bond acceptors (Lipinski definition) is 3. The van der Waals surface area contributed by atoms with Crippen LogP contribution in [0.1, 0.15) is 30.7 Å². The number of anilines is 1. The summed E-state index contributed by atoms with van der Waals surface area (Å²) >= 11 is 0. The third-order valence-corrected chi connectivity index (χ3v) is 3.97. The van der Waals surface area contributed by atoms with Gasteiger partial charge < -0.3 is 15.4 Å². The van der Waals surface area contributed by atoms with Gasteiger partial charge in [-0.1, -0.05) is 0 Å². The second-order valence-electron chi connectivity index (χ2n) is 5.06. The predicted octanol–water partition coefficient (Wildman–Crippen LogP) is 2.35. The lowest BCUT2D eigenvalue weighted by molar-refractivity contribution is 0.413. The van der Waals surface area contributed by atoms with Crippen LogP contribution in [0.15, 0.2) is 18.2 Å². The third kappa shape index (κ3) is 2.12. The number of ether oxygens (including phenoxy) is 1. The van der Waals surface area contributed by atoms with Crippen LogP contribution < -0.4 is 15.4 Å². The van der Waals surface area contributed by atoms with Gasteiger partial charge in [-0.2, -0.15) is 0 Å². The molecule has 2 atom stereocenters. The molecule has 0 aliphatic carbocycles. The van der Waals surface area contributed by atoms with E-state index >= 15 is 0 Å². The Morgan fingerprint density at radius 2 is 2.35 bits per heavy atom. The van der Waals surface area contributed by atoms with E-state index in [0.717, 1.165) is 12.3 Å². The lowest BCUT2D eigenvalue weighted by Gasteiger charge is -2.16. The molecule has 92 valence electrons. The molecule has 17 heavy (non-hydrogen) atoms. The second kappa shape index (κ2) is 4.57. The molecule has 2 N–H and O–H groups in total. The van der Waals surface area contributed by atoms with E-state index in [0.29, 0.717) is 12.0 Å². The first-order valence-electron chi connectivity index (χ1n) is 6.52. The van der Waals surface area contributed by atoms with Crippen molar-refractivity contribution in [1.82, 2.24) is 5.32 Å². The zero-order valence-electron chi connectivity index (χ0n) is 10.3. The first kappa shape index (κ1) is 10.9. The van der Waals surface area contributed by atoms with E-state index in [4.69, 9.17) is 4.74 Å². The van der Waals surface area contributed by atoms with E-state index in [1.807, 2.05) is 6.07 Å². The summed E-state index contributed by atoms with van der Waals surface area (Å²) in [5.74, 6) is 1.60. The van der Waals surface area contributed by atoms with E-state index in [1.54, 1.807) is 7.11 Å². The molecule has 0 spiro atoms. The van der Waals surface area contributed by atoms with Crippen LogP contribution in [0.4, 0.5) is 5.69 Å².